The van der Waals surface area contributed by atoms with Gasteiger partial charge < -0.3 is 19.5 Å². The molecule has 21 heavy (non-hydrogen) atoms. The summed E-state index contributed by atoms with van der Waals surface area (Å²) in [5.74, 6) is 1.70. The van der Waals surface area contributed by atoms with Crippen molar-refractivity contribution in [3.8, 4) is 17.2 Å². The molecule has 2 rings (SSSR count). The van der Waals surface area contributed by atoms with E-state index in [-0.39, 0.29) is 11.9 Å². The summed E-state index contributed by atoms with van der Waals surface area (Å²) in [6, 6.07) is 3.22. The van der Waals surface area contributed by atoms with Gasteiger partial charge in [-0.05, 0) is 25.2 Å². The normalized spacial score (nSPS) is 17.7. The van der Waals surface area contributed by atoms with Crippen LogP contribution in [0.1, 0.15) is 12.5 Å². The molecule has 1 heterocycles. The van der Waals surface area contributed by atoms with E-state index in [4.69, 9.17) is 26.4 Å². The van der Waals surface area contributed by atoms with Gasteiger partial charge in [0.2, 0.25) is 0 Å². The third-order valence-electron chi connectivity index (χ3n) is 3.34. The summed E-state index contributed by atoms with van der Waals surface area (Å²) in [4.78, 5) is 13.6. The Bertz CT molecular complexity index is 576. The minimum absolute atomic E-state index is 0.0585. The van der Waals surface area contributed by atoms with Gasteiger partial charge in [0.15, 0.2) is 16.6 Å². The van der Waals surface area contributed by atoms with Crippen LogP contribution in [-0.2, 0) is 11.3 Å². The Balaban J connectivity index is 2.35. The second-order valence-electron chi connectivity index (χ2n) is 4.61. The fraction of sp³-hybridized carbons (Fsp3) is 0.429. The summed E-state index contributed by atoms with van der Waals surface area (Å²) in [6.45, 7) is 2.10. The van der Waals surface area contributed by atoms with Crippen molar-refractivity contribution in [2.75, 3.05) is 21.3 Å². The lowest BCUT2D eigenvalue weighted by molar-refractivity contribution is -0.127. The molecule has 1 atom stereocenters. The molecule has 0 aliphatic carbocycles. The number of thiocarbonyl (C=S) groups is 1. The SMILES string of the molecule is COc1cc(OC)c(OC)cc1CN1C(=O)C(C)NC1=S. The molecule has 1 aliphatic heterocycles. The van der Waals surface area contributed by atoms with E-state index in [1.807, 2.05) is 0 Å². The Kier molecular flexibility index (Phi) is 4.52. The van der Waals surface area contributed by atoms with Crippen molar-refractivity contribution < 1.29 is 19.0 Å². The van der Waals surface area contributed by atoms with Gasteiger partial charge in [0.1, 0.15) is 11.8 Å². The molecule has 0 bridgehead atoms. The summed E-state index contributed by atoms with van der Waals surface area (Å²) in [5.41, 5.74) is 0.793. The van der Waals surface area contributed by atoms with Crippen LogP contribution in [-0.4, -0.2) is 43.3 Å². The van der Waals surface area contributed by atoms with E-state index in [1.165, 1.54) is 4.90 Å². The monoisotopic (exact) mass is 310 g/mol. The smallest absolute Gasteiger partial charge is 0.251 e. The highest BCUT2D eigenvalue weighted by molar-refractivity contribution is 7.80. The predicted octanol–water partition coefficient (Wildman–Crippen LogP) is 1.32. The zero-order valence-electron chi connectivity index (χ0n) is 12.4. The van der Waals surface area contributed by atoms with Crippen LogP contribution >= 0.6 is 12.2 Å². The Hall–Kier alpha value is -2.02. The first kappa shape index (κ1) is 15.4. The van der Waals surface area contributed by atoms with Crippen LogP contribution in [0.5, 0.6) is 17.2 Å². The number of ether oxygens (including phenoxy) is 3. The second kappa shape index (κ2) is 6.17. The highest BCUT2D eigenvalue weighted by Crippen LogP contribution is 2.35. The zero-order chi connectivity index (χ0) is 15.6. The number of methoxy groups -OCH3 is 3. The first-order valence-corrected chi connectivity index (χ1v) is 6.83. The number of carbonyl (C=O) groups excluding carboxylic acids is 1. The number of nitrogens with one attached hydrogen (secondary N) is 1. The maximum atomic E-state index is 12.1. The van der Waals surface area contributed by atoms with Gasteiger partial charge in [-0.2, -0.15) is 0 Å². The van der Waals surface area contributed by atoms with Crippen molar-refractivity contribution in [2.24, 2.45) is 0 Å². The standard InChI is InChI=1S/C14H18N2O4S/c1-8-13(17)16(14(21)15-8)7-9-5-11(19-3)12(20-4)6-10(9)18-2/h5-6,8H,7H2,1-4H3,(H,15,21). The number of benzene rings is 1. The molecule has 1 saturated heterocycles. The molecule has 7 heteroatoms. The van der Waals surface area contributed by atoms with Crippen LogP contribution in [0.4, 0.5) is 0 Å². The van der Waals surface area contributed by atoms with E-state index in [1.54, 1.807) is 40.4 Å². The van der Waals surface area contributed by atoms with Crippen LogP contribution in [0.25, 0.3) is 0 Å². The zero-order valence-corrected chi connectivity index (χ0v) is 13.2. The molecule has 0 radical (unpaired) electrons. The van der Waals surface area contributed by atoms with Crippen LogP contribution in [0.2, 0.25) is 0 Å². The number of hydrogen-bond donors (Lipinski definition) is 1. The molecular formula is C14H18N2O4S. The lowest BCUT2D eigenvalue weighted by Crippen LogP contribution is -2.30. The first-order valence-electron chi connectivity index (χ1n) is 6.42. The molecule has 1 amide bonds. The molecule has 0 aromatic heterocycles. The van der Waals surface area contributed by atoms with E-state index in [0.717, 1.165) is 5.56 Å². The quantitative estimate of drug-likeness (QED) is 0.828. The van der Waals surface area contributed by atoms with Crippen molar-refractivity contribution in [3.63, 3.8) is 0 Å². The van der Waals surface area contributed by atoms with Crippen LogP contribution in [0.15, 0.2) is 12.1 Å². The minimum Gasteiger partial charge on any atom is -0.496 e. The van der Waals surface area contributed by atoms with Crippen molar-refractivity contribution in [1.29, 1.82) is 0 Å². The third kappa shape index (κ3) is 2.87. The molecule has 1 aromatic carbocycles. The summed E-state index contributed by atoms with van der Waals surface area (Å²) in [7, 11) is 4.68. The Morgan fingerprint density at radius 3 is 2.19 bits per heavy atom. The van der Waals surface area contributed by atoms with Gasteiger partial charge in [0.25, 0.3) is 5.91 Å². The van der Waals surface area contributed by atoms with E-state index in [2.05, 4.69) is 5.32 Å². The first-order chi connectivity index (χ1) is 10.0. The topological polar surface area (TPSA) is 60.0 Å². The number of nitrogens with zero attached hydrogens (tertiary/aromatic N) is 1. The summed E-state index contributed by atoms with van der Waals surface area (Å²) >= 11 is 5.18. The molecule has 0 saturated carbocycles. The number of amides is 1. The predicted molar refractivity (Wildman–Crippen MR) is 81.8 cm³/mol. The van der Waals surface area contributed by atoms with Gasteiger partial charge in [-0.3, -0.25) is 9.69 Å². The average molecular weight is 310 g/mol. The largest absolute Gasteiger partial charge is 0.496 e. The van der Waals surface area contributed by atoms with E-state index < -0.39 is 0 Å². The van der Waals surface area contributed by atoms with Gasteiger partial charge in [-0.1, -0.05) is 0 Å². The molecule has 1 N–H and O–H groups in total. The summed E-state index contributed by atoms with van der Waals surface area (Å²) in [5, 5.41) is 3.36. The number of rotatable bonds is 5. The van der Waals surface area contributed by atoms with Crippen molar-refractivity contribution >= 4 is 23.2 Å². The van der Waals surface area contributed by atoms with E-state index >= 15 is 0 Å². The molecule has 1 unspecified atom stereocenters. The average Bonchev–Trinajstić information content (AvgIpc) is 2.73. The molecule has 114 valence electrons. The van der Waals surface area contributed by atoms with Crippen molar-refractivity contribution in [3.05, 3.63) is 17.7 Å². The Morgan fingerprint density at radius 2 is 1.71 bits per heavy atom. The fourth-order valence-corrected chi connectivity index (χ4v) is 2.53. The van der Waals surface area contributed by atoms with Crippen LogP contribution in [0.3, 0.4) is 0 Å². The van der Waals surface area contributed by atoms with Gasteiger partial charge in [-0.15, -0.1) is 0 Å². The molecule has 6 nitrogen and oxygen atoms in total. The minimum atomic E-state index is -0.302. The van der Waals surface area contributed by atoms with Crippen molar-refractivity contribution in [1.82, 2.24) is 10.2 Å². The molecule has 1 aromatic rings. The molecular weight excluding hydrogens is 292 g/mol. The number of hydrogen-bond acceptors (Lipinski definition) is 5. The highest BCUT2D eigenvalue weighted by atomic mass is 32.1. The second-order valence-corrected chi connectivity index (χ2v) is 5.00. The molecule has 1 fully saturated rings. The fourth-order valence-electron chi connectivity index (χ4n) is 2.19. The highest BCUT2D eigenvalue weighted by Gasteiger charge is 2.32. The van der Waals surface area contributed by atoms with Crippen LogP contribution < -0.4 is 19.5 Å². The summed E-state index contributed by atoms with van der Waals surface area (Å²) in [6.07, 6.45) is 0. The van der Waals surface area contributed by atoms with E-state index in [9.17, 15) is 4.79 Å². The maximum absolute atomic E-state index is 12.1. The van der Waals surface area contributed by atoms with Crippen LogP contribution in [0, 0.1) is 0 Å². The molecule has 1 aliphatic rings. The van der Waals surface area contributed by atoms with Gasteiger partial charge >= 0.3 is 0 Å². The van der Waals surface area contributed by atoms with Gasteiger partial charge in [-0.25, -0.2) is 0 Å². The lowest BCUT2D eigenvalue weighted by atomic mass is 10.1. The Labute approximate surface area is 129 Å². The van der Waals surface area contributed by atoms with Gasteiger partial charge in [0, 0.05) is 11.6 Å². The summed E-state index contributed by atoms with van der Waals surface area (Å²) < 4.78 is 15.9. The number of carbonyl (C=O) groups is 1. The van der Waals surface area contributed by atoms with E-state index in [0.29, 0.717) is 28.9 Å². The maximum Gasteiger partial charge on any atom is 0.251 e. The van der Waals surface area contributed by atoms with Crippen molar-refractivity contribution in [2.45, 2.75) is 19.5 Å². The molecule has 0 spiro atoms. The van der Waals surface area contributed by atoms with Gasteiger partial charge in [0.05, 0.1) is 27.9 Å². The lowest BCUT2D eigenvalue weighted by Gasteiger charge is -2.19. The Morgan fingerprint density at radius 1 is 1.14 bits per heavy atom. The third-order valence-corrected chi connectivity index (χ3v) is 3.67.